The van der Waals surface area contributed by atoms with E-state index in [0.29, 0.717) is 30.5 Å². The summed E-state index contributed by atoms with van der Waals surface area (Å²) in [5, 5.41) is 0. The number of rotatable bonds is 3. The molecule has 0 radical (unpaired) electrons. The van der Waals surface area contributed by atoms with Gasteiger partial charge in [-0.05, 0) is 25.8 Å². The second-order valence-electron chi connectivity index (χ2n) is 5.54. The van der Waals surface area contributed by atoms with Crippen LogP contribution in [0.25, 0.3) is 11.3 Å². The summed E-state index contributed by atoms with van der Waals surface area (Å²) in [4.78, 5) is 18.5. The van der Waals surface area contributed by atoms with Crippen LogP contribution in [0, 0.1) is 12.8 Å². The number of carbonyl (C=O) groups excluding carboxylic acids is 1. The molecule has 0 saturated carbocycles. The summed E-state index contributed by atoms with van der Waals surface area (Å²) in [7, 11) is 0. The lowest BCUT2D eigenvalue weighted by Gasteiger charge is -2.15. The predicted molar refractivity (Wildman–Crippen MR) is 94.2 cm³/mol. The van der Waals surface area contributed by atoms with Crippen molar-refractivity contribution in [1.82, 2.24) is 9.88 Å². The Balaban J connectivity index is 0.00000132. The molecular formula is C16H21Cl2N3O2. The Labute approximate surface area is 148 Å². The molecule has 0 bridgehead atoms. The molecule has 23 heavy (non-hydrogen) atoms. The zero-order valence-corrected chi connectivity index (χ0v) is 14.5. The summed E-state index contributed by atoms with van der Waals surface area (Å²) in [5.41, 5.74) is 8.10. The minimum Gasteiger partial charge on any atom is -0.443 e. The van der Waals surface area contributed by atoms with Crippen LogP contribution < -0.4 is 5.73 Å². The Morgan fingerprint density at radius 2 is 2.04 bits per heavy atom. The molecule has 1 amide bonds. The van der Waals surface area contributed by atoms with E-state index in [9.17, 15) is 4.79 Å². The van der Waals surface area contributed by atoms with Crippen molar-refractivity contribution in [3.05, 3.63) is 41.9 Å². The third-order valence-electron chi connectivity index (χ3n) is 3.99. The Morgan fingerprint density at radius 1 is 1.35 bits per heavy atom. The molecule has 1 fully saturated rings. The minimum atomic E-state index is -0.0738. The van der Waals surface area contributed by atoms with Gasteiger partial charge in [0.25, 0.3) is 5.91 Å². The Hall–Kier alpha value is -1.56. The SMILES string of the molecule is Cc1ccc(-c2ocnc2C(=O)N2CCC(CN)C2)cc1.Cl.Cl. The largest absolute Gasteiger partial charge is 0.443 e. The number of carbonyl (C=O) groups is 1. The highest BCUT2D eigenvalue weighted by Gasteiger charge is 2.29. The van der Waals surface area contributed by atoms with Gasteiger partial charge in [0, 0.05) is 18.7 Å². The number of benzene rings is 1. The van der Waals surface area contributed by atoms with E-state index in [1.807, 2.05) is 36.1 Å². The molecule has 1 aromatic carbocycles. The lowest BCUT2D eigenvalue weighted by molar-refractivity contribution is 0.0783. The molecule has 0 spiro atoms. The first-order valence-corrected chi connectivity index (χ1v) is 7.19. The number of likely N-dealkylation sites (tertiary alicyclic amines) is 1. The Bertz CT molecular complexity index is 643. The highest BCUT2D eigenvalue weighted by molar-refractivity contribution is 5.97. The zero-order chi connectivity index (χ0) is 14.8. The van der Waals surface area contributed by atoms with Crippen LogP contribution in [0.2, 0.25) is 0 Å². The molecule has 1 unspecified atom stereocenters. The van der Waals surface area contributed by atoms with Crippen LogP contribution in [0.1, 0.15) is 22.5 Å². The highest BCUT2D eigenvalue weighted by atomic mass is 35.5. The van der Waals surface area contributed by atoms with Gasteiger partial charge in [0.2, 0.25) is 0 Å². The molecule has 7 heteroatoms. The summed E-state index contributed by atoms with van der Waals surface area (Å²) < 4.78 is 5.44. The third kappa shape index (κ3) is 4.05. The van der Waals surface area contributed by atoms with Crippen LogP contribution in [-0.4, -0.2) is 35.4 Å². The maximum atomic E-state index is 12.6. The average molecular weight is 358 g/mol. The number of halogens is 2. The van der Waals surface area contributed by atoms with Gasteiger partial charge in [-0.15, -0.1) is 24.8 Å². The number of nitrogens with two attached hydrogens (primary N) is 1. The van der Waals surface area contributed by atoms with Crippen LogP contribution in [0.15, 0.2) is 35.1 Å². The molecule has 1 atom stereocenters. The van der Waals surface area contributed by atoms with Crippen LogP contribution in [0.3, 0.4) is 0 Å². The fraction of sp³-hybridized carbons (Fsp3) is 0.375. The average Bonchev–Trinajstić information content (AvgIpc) is 3.16. The first-order valence-electron chi connectivity index (χ1n) is 7.19. The van der Waals surface area contributed by atoms with Gasteiger partial charge in [-0.3, -0.25) is 4.79 Å². The second-order valence-corrected chi connectivity index (χ2v) is 5.54. The molecule has 2 heterocycles. The maximum absolute atomic E-state index is 12.6. The van der Waals surface area contributed by atoms with Crippen molar-refractivity contribution in [2.75, 3.05) is 19.6 Å². The van der Waals surface area contributed by atoms with Gasteiger partial charge in [-0.25, -0.2) is 4.98 Å². The fourth-order valence-electron chi connectivity index (χ4n) is 2.67. The van der Waals surface area contributed by atoms with Gasteiger partial charge < -0.3 is 15.1 Å². The Morgan fingerprint density at radius 3 is 2.65 bits per heavy atom. The van der Waals surface area contributed by atoms with Crippen molar-refractivity contribution in [2.24, 2.45) is 11.7 Å². The van der Waals surface area contributed by atoms with Crippen molar-refractivity contribution in [1.29, 1.82) is 0 Å². The second kappa shape index (κ2) is 8.34. The molecule has 1 saturated heterocycles. The zero-order valence-electron chi connectivity index (χ0n) is 12.9. The van der Waals surface area contributed by atoms with E-state index in [1.165, 1.54) is 6.39 Å². The van der Waals surface area contributed by atoms with Gasteiger partial charge in [-0.1, -0.05) is 29.8 Å². The van der Waals surface area contributed by atoms with E-state index in [4.69, 9.17) is 10.2 Å². The minimum absolute atomic E-state index is 0. The topological polar surface area (TPSA) is 72.4 Å². The van der Waals surface area contributed by atoms with Gasteiger partial charge in [0.1, 0.15) is 0 Å². The molecule has 126 valence electrons. The first-order chi connectivity index (χ1) is 10.2. The van der Waals surface area contributed by atoms with Crippen LogP contribution in [0.5, 0.6) is 0 Å². The summed E-state index contributed by atoms with van der Waals surface area (Å²) in [6.07, 6.45) is 2.29. The molecule has 2 aromatic rings. The van der Waals surface area contributed by atoms with Crippen molar-refractivity contribution in [3.63, 3.8) is 0 Å². The van der Waals surface area contributed by atoms with E-state index < -0.39 is 0 Å². The van der Waals surface area contributed by atoms with E-state index in [1.54, 1.807) is 0 Å². The Kier molecular flexibility index (Phi) is 7.06. The summed E-state index contributed by atoms with van der Waals surface area (Å²) in [6.45, 7) is 4.08. The van der Waals surface area contributed by atoms with Gasteiger partial charge in [0.05, 0.1) is 0 Å². The quantitative estimate of drug-likeness (QED) is 0.916. The highest BCUT2D eigenvalue weighted by Crippen LogP contribution is 2.26. The summed E-state index contributed by atoms with van der Waals surface area (Å²) >= 11 is 0. The molecule has 0 aliphatic carbocycles. The maximum Gasteiger partial charge on any atom is 0.276 e. The number of oxazole rings is 1. The number of nitrogens with zero attached hydrogens (tertiary/aromatic N) is 2. The molecule has 1 aliphatic heterocycles. The van der Waals surface area contributed by atoms with Crippen molar-refractivity contribution in [3.8, 4) is 11.3 Å². The summed E-state index contributed by atoms with van der Waals surface area (Å²) in [5.74, 6) is 0.857. The molecular weight excluding hydrogens is 337 g/mol. The number of hydrogen-bond acceptors (Lipinski definition) is 4. The predicted octanol–water partition coefficient (Wildman–Crippen LogP) is 2.91. The van der Waals surface area contributed by atoms with Crippen molar-refractivity contribution in [2.45, 2.75) is 13.3 Å². The first kappa shape index (κ1) is 19.5. The molecule has 5 nitrogen and oxygen atoms in total. The van der Waals surface area contributed by atoms with Crippen LogP contribution in [0.4, 0.5) is 0 Å². The van der Waals surface area contributed by atoms with Gasteiger partial charge >= 0.3 is 0 Å². The summed E-state index contributed by atoms with van der Waals surface area (Å²) in [6, 6.07) is 7.87. The monoisotopic (exact) mass is 357 g/mol. The molecule has 2 N–H and O–H groups in total. The van der Waals surface area contributed by atoms with Gasteiger partial charge in [-0.2, -0.15) is 0 Å². The van der Waals surface area contributed by atoms with E-state index in [0.717, 1.165) is 24.1 Å². The standard InChI is InChI=1S/C16H19N3O2.2ClH/c1-11-2-4-13(5-3-11)15-14(18-10-21-15)16(20)19-7-6-12(8-17)9-19;;/h2-5,10,12H,6-9,17H2,1H3;2*1H. The molecule has 1 aromatic heterocycles. The molecule has 3 rings (SSSR count). The lowest BCUT2D eigenvalue weighted by Crippen LogP contribution is -2.30. The fourth-order valence-corrected chi connectivity index (χ4v) is 2.67. The molecule has 1 aliphatic rings. The van der Waals surface area contributed by atoms with E-state index in [-0.39, 0.29) is 30.7 Å². The van der Waals surface area contributed by atoms with E-state index in [2.05, 4.69) is 4.98 Å². The number of aryl methyl sites for hydroxylation is 1. The number of aromatic nitrogens is 1. The van der Waals surface area contributed by atoms with Crippen LogP contribution >= 0.6 is 24.8 Å². The van der Waals surface area contributed by atoms with Crippen molar-refractivity contribution >= 4 is 30.7 Å². The smallest absolute Gasteiger partial charge is 0.276 e. The third-order valence-corrected chi connectivity index (χ3v) is 3.99. The normalized spacial score (nSPS) is 16.6. The number of amides is 1. The number of hydrogen-bond donors (Lipinski definition) is 1. The van der Waals surface area contributed by atoms with Crippen molar-refractivity contribution < 1.29 is 9.21 Å². The van der Waals surface area contributed by atoms with Crippen LogP contribution in [-0.2, 0) is 0 Å². The lowest BCUT2D eigenvalue weighted by atomic mass is 10.1. The van der Waals surface area contributed by atoms with E-state index >= 15 is 0 Å². The van der Waals surface area contributed by atoms with Gasteiger partial charge in [0.15, 0.2) is 17.8 Å².